The van der Waals surface area contributed by atoms with Crippen molar-refractivity contribution in [2.45, 2.75) is 19.1 Å². The van der Waals surface area contributed by atoms with Gasteiger partial charge in [-0.25, -0.2) is 4.79 Å². The summed E-state index contributed by atoms with van der Waals surface area (Å²) in [5.41, 5.74) is 1.75. The fraction of sp³-hybridized carbons (Fsp3) is 0.538. The maximum absolute atomic E-state index is 11.1. The molecule has 6 heteroatoms. The Kier molecular flexibility index (Phi) is 3.02. The van der Waals surface area contributed by atoms with E-state index in [1.54, 1.807) is 17.3 Å². The quantitative estimate of drug-likeness (QED) is 0.824. The molecule has 1 amide bonds. The zero-order valence-corrected chi connectivity index (χ0v) is 10.6. The fourth-order valence-corrected chi connectivity index (χ4v) is 3.14. The first-order valence-corrected chi connectivity index (χ1v) is 6.48. The highest BCUT2D eigenvalue weighted by atomic mass is 16.4. The lowest BCUT2D eigenvalue weighted by Crippen LogP contribution is -2.38. The summed E-state index contributed by atoms with van der Waals surface area (Å²) in [6, 6.07) is 2.01. The van der Waals surface area contributed by atoms with Gasteiger partial charge in [0.25, 0.3) is 0 Å². The molecule has 2 atom stereocenters. The second-order valence-electron chi connectivity index (χ2n) is 5.21. The van der Waals surface area contributed by atoms with E-state index in [-0.39, 0.29) is 12.6 Å². The van der Waals surface area contributed by atoms with Gasteiger partial charge in [0.15, 0.2) is 0 Å². The molecular weight excluding hydrogens is 246 g/mol. The largest absolute Gasteiger partial charge is 0.465 e. The van der Waals surface area contributed by atoms with Crippen LogP contribution in [0, 0.1) is 5.92 Å². The summed E-state index contributed by atoms with van der Waals surface area (Å²) in [4.78, 5) is 19.0. The summed E-state index contributed by atoms with van der Waals surface area (Å²) in [5, 5.41) is 18.3. The van der Waals surface area contributed by atoms with Crippen molar-refractivity contribution < 1.29 is 15.0 Å². The van der Waals surface area contributed by atoms with Crippen molar-refractivity contribution in [3.8, 4) is 0 Å². The van der Waals surface area contributed by atoms with Crippen molar-refractivity contribution in [1.29, 1.82) is 0 Å². The Bertz CT molecular complexity index is 494. The first-order chi connectivity index (χ1) is 9.19. The van der Waals surface area contributed by atoms with Crippen molar-refractivity contribution in [3.05, 3.63) is 24.0 Å². The number of nitrogens with zero attached hydrogens (tertiary/aromatic N) is 3. The number of aromatic nitrogens is 1. The van der Waals surface area contributed by atoms with Gasteiger partial charge in [-0.05, 0) is 18.1 Å². The molecule has 1 aromatic heterocycles. The number of pyridine rings is 1. The topological polar surface area (TPSA) is 76.9 Å². The van der Waals surface area contributed by atoms with Gasteiger partial charge in [0.2, 0.25) is 0 Å². The normalized spacial score (nSPS) is 25.7. The van der Waals surface area contributed by atoms with Gasteiger partial charge in [-0.1, -0.05) is 0 Å². The molecule has 2 N–H and O–H groups in total. The van der Waals surface area contributed by atoms with Crippen LogP contribution < -0.4 is 4.90 Å². The highest BCUT2D eigenvalue weighted by molar-refractivity contribution is 5.66. The summed E-state index contributed by atoms with van der Waals surface area (Å²) >= 11 is 0. The Morgan fingerprint density at radius 3 is 3.00 bits per heavy atom. The minimum absolute atomic E-state index is 0.0250. The van der Waals surface area contributed by atoms with Gasteiger partial charge in [-0.15, -0.1) is 0 Å². The van der Waals surface area contributed by atoms with E-state index in [9.17, 15) is 4.79 Å². The standard InChI is InChI=1S/C13H17N3O3/c17-8-9-3-11(5-14-4-9)15-6-10-1-2-16(13(18)19)12(10)7-15/h3-5,10,12,17H,1-2,6-8H2,(H,18,19)/t10-,12+/m1/s1. The minimum atomic E-state index is -0.823. The van der Waals surface area contributed by atoms with Crippen molar-refractivity contribution >= 4 is 11.8 Å². The second kappa shape index (κ2) is 4.70. The van der Waals surface area contributed by atoms with E-state index in [2.05, 4.69) is 9.88 Å². The third-order valence-electron chi connectivity index (χ3n) is 4.12. The van der Waals surface area contributed by atoms with Crippen LogP contribution in [0.3, 0.4) is 0 Å². The van der Waals surface area contributed by atoms with Gasteiger partial charge < -0.3 is 20.0 Å². The van der Waals surface area contributed by atoms with Crippen molar-refractivity contribution in [2.24, 2.45) is 5.92 Å². The van der Waals surface area contributed by atoms with Gasteiger partial charge >= 0.3 is 6.09 Å². The Morgan fingerprint density at radius 2 is 2.26 bits per heavy atom. The van der Waals surface area contributed by atoms with E-state index in [1.807, 2.05) is 6.07 Å². The lowest BCUT2D eigenvalue weighted by Gasteiger charge is -2.23. The van der Waals surface area contributed by atoms with E-state index >= 15 is 0 Å². The van der Waals surface area contributed by atoms with Crippen LogP contribution in [0.5, 0.6) is 0 Å². The molecule has 2 fully saturated rings. The molecule has 19 heavy (non-hydrogen) atoms. The summed E-state index contributed by atoms with van der Waals surface area (Å²) in [7, 11) is 0. The molecule has 3 rings (SSSR count). The number of rotatable bonds is 2. The van der Waals surface area contributed by atoms with E-state index in [0.717, 1.165) is 24.2 Å². The Morgan fingerprint density at radius 1 is 1.42 bits per heavy atom. The van der Waals surface area contributed by atoms with Crippen LogP contribution in [0.15, 0.2) is 18.5 Å². The number of carboxylic acid groups (broad SMARTS) is 1. The van der Waals surface area contributed by atoms with Crippen LogP contribution in [-0.2, 0) is 6.61 Å². The van der Waals surface area contributed by atoms with Crippen LogP contribution in [0.1, 0.15) is 12.0 Å². The lowest BCUT2D eigenvalue weighted by atomic mass is 10.1. The maximum Gasteiger partial charge on any atom is 0.407 e. The zero-order valence-electron chi connectivity index (χ0n) is 10.6. The minimum Gasteiger partial charge on any atom is -0.465 e. The number of aliphatic hydroxyl groups is 1. The van der Waals surface area contributed by atoms with Gasteiger partial charge in [0.05, 0.1) is 24.5 Å². The third-order valence-corrected chi connectivity index (χ3v) is 4.12. The number of hydrogen-bond acceptors (Lipinski definition) is 4. The predicted molar refractivity (Wildman–Crippen MR) is 69.0 cm³/mol. The van der Waals surface area contributed by atoms with Crippen LogP contribution in [0.2, 0.25) is 0 Å². The number of amides is 1. The molecule has 0 unspecified atom stereocenters. The number of likely N-dealkylation sites (tertiary alicyclic amines) is 1. The van der Waals surface area contributed by atoms with E-state index in [0.29, 0.717) is 19.0 Å². The summed E-state index contributed by atoms with van der Waals surface area (Å²) < 4.78 is 0. The molecule has 0 bridgehead atoms. The number of aliphatic hydroxyl groups excluding tert-OH is 1. The van der Waals surface area contributed by atoms with Crippen LogP contribution in [0.4, 0.5) is 10.5 Å². The van der Waals surface area contributed by atoms with Gasteiger partial charge in [-0.3, -0.25) is 4.98 Å². The monoisotopic (exact) mass is 263 g/mol. The molecule has 2 aliphatic rings. The first kappa shape index (κ1) is 12.2. The molecule has 2 saturated heterocycles. The molecular formula is C13H17N3O3. The number of carbonyl (C=O) groups is 1. The van der Waals surface area contributed by atoms with Crippen molar-refractivity contribution in [2.75, 3.05) is 24.5 Å². The smallest absolute Gasteiger partial charge is 0.407 e. The number of hydrogen-bond donors (Lipinski definition) is 2. The lowest BCUT2D eigenvalue weighted by molar-refractivity contribution is 0.140. The average molecular weight is 263 g/mol. The third kappa shape index (κ3) is 2.12. The number of fused-ring (bicyclic) bond motifs is 1. The SMILES string of the molecule is O=C(O)N1CC[C@@H]2CN(c3cncc(CO)c3)C[C@@H]21. The molecule has 0 radical (unpaired) electrons. The molecule has 3 heterocycles. The van der Waals surface area contributed by atoms with E-state index in [4.69, 9.17) is 10.2 Å². The molecule has 0 spiro atoms. The summed E-state index contributed by atoms with van der Waals surface area (Å²) in [6.07, 6.45) is 3.52. The Balaban J connectivity index is 1.77. The zero-order chi connectivity index (χ0) is 13.4. The van der Waals surface area contributed by atoms with Crippen molar-refractivity contribution in [3.63, 3.8) is 0 Å². The Hall–Kier alpha value is -1.82. The first-order valence-electron chi connectivity index (χ1n) is 6.48. The molecule has 6 nitrogen and oxygen atoms in total. The molecule has 2 aliphatic heterocycles. The van der Waals surface area contributed by atoms with Crippen LogP contribution >= 0.6 is 0 Å². The van der Waals surface area contributed by atoms with E-state index < -0.39 is 6.09 Å². The molecule has 1 aromatic rings. The predicted octanol–water partition coefficient (Wildman–Crippen LogP) is 0.762. The Labute approximate surface area is 111 Å². The van der Waals surface area contributed by atoms with Gasteiger partial charge in [0, 0.05) is 31.7 Å². The molecule has 102 valence electrons. The average Bonchev–Trinajstić information content (AvgIpc) is 2.98. The fourth-order valence-electron chi connectivity index (χ4n) is 3.14. The molecule has 0 aliphatic carbocycles. The van der Waals surface area contributed by atoms with Gasteiger partial charge in [-0.2, -0.15) is 0 Å². The highest BCUT2D eigenvalue weighted by Crippen LogP contribution is 2.34. The van der Waals surface area contributed by atoms with Crippen LogP contribution in [-0.4, -0.2) is 51.9 Å². The van der Waals surface area contributed by atoms with Crippen LogP contribution in [0.25, 0.3) is 0 Å². The second-order valence-corrected chi connectivity index (χ2v) is 5.21. The summed E-state index contributed by atoms with van der Waals surface area (Å²) in [5.74, 6) is 0.411. The van der Waals surface area contributed by atoms with Crippen molar-refractivity contribution in [1.82, 2.24) is 9.88 Å². The summed E-state index contributed by atoms with van der Waals surface area (Å²) in [6.45, 7) is 2.20. The highest BCUT2D eigenvalue weighted by Gasteiger charge is 2.43. The number of anilines is 1. The molecule has 0 saturated carbocycles. The van der Waals surface area contributed by atoms with Gasteiger partial charge in [0.1, 0.15) is 0 Å². The maximum atomic E-state index is 11.1. The molecule has 0 aromatic carbocycles. The van der Waals surface area contributed by atoms with E-state index in [1.165, 1.54) is 0 Å².